The zero-order chi connectivity index (χ0) is 25.7. The highest BCUT2D eigenvalue weighted by molar-refractivity contribution is 6.30. The SMILES string of the molecule is COc1ccc(NC(=O)c2ccc(C(C)(C)CN3CCCC3)cc2)c(C(=O)Nc2ccc(Cl)cn2)c1. The molecule has 0 aliphatic carbocycles. The molecule has 4 rings (SSSR count). The summed E-state index contributed by atoms with van der Waals surface area (Å²) in [4.78, 5) is 32.7. The first-order valence-corrected chi connectivity index (χ1v) is 12.4. The molecule has 8 heteroatoms. The molecule has 2 aromatic carbocycles. The number of likely N-dealkylation sites (tertiary alicyclic amines) is 1. The number of benzene rings is 2. The number of hydrogen-bond donors (Lipinski definition) is 2. The predicted molar refractivity (Wildman–Crippen MR) is 143 cm³/mol. The molecule has 1 aromatic heterocycles. The second kappa shape index (κ2) is 11.1. The fraction of sp³-hybridized carbons (Fsp3) is 0.321. The standard InChI is InChI=1S/C28H31ClN4O3/c1-28(2,18-33-14-4-5-15-33)20-8-6-19(7-9-20)26(34)31-24-12-11-22(36-3)16-23(24)27(35)32-25-13-10-21(29)17-30-25/h6-13,16-17H,4-5,14-15,18H2,1-3H3,(H,31,34)(H,30,32,35). The molecule has 2 N–H and O–H groups in total. The summed E-state index contributed by atoms with van der Waals surface area (Å²) in [7, 11) is 1.52. The Morgan fingerprint density at radius 2 is 1.72 bits per heavy atom. The van der Waals surface area contributed by atoms with Crippen molar-refractivity contribution in [2.24, 2.45) is 0 Å². The third-order valence-corrected chi connectivity index (χ3v) is 6.66. The maximum atomic E-state index is 13.1. The highest BCUT2D eigenvalue weighted by Crippen LogP contribution is 2.27. The molecule has 1 aliphatic rings. The maximum absolute atomic E-state index is 13.1. The van der Waals surface area contributed by atoms with Gasteiger partial charge in [0.05, 0.1) is 23.4 Å². The Balaban J connectivity index is 1.49. The molecule has 2 heterocycles. The van der Waals surface area contributed by atoms with E-state index in [0.717, 1.165) is 19.6 Å². The van der Waals surface area contributed by atoms with Gasteiger partial charge in [-0.25, -0.2) is 4.98 Å². The number of rotatable bonds is 8. The minimum absolute atomic E-state index is 0.0176. The summed E-state index contributed by atoms with van der Waals surface area (Å²) >= 11 is 5.88. The quantitative estimate of drug-likeness (QED) is 0.414. The lowest BCUT2D eigenvalue weighted by molar-refractivity contribution is 0.102. The van der Waals surface area contributed by atoms with Gasteiger partial charge in [0.1, 0.15) is 11.6 Å². The third kappa shape index (κ3) is 6.22. The molecule has 0 radical (unpaired) electrons. The van der Waals surface area contributed by atoms with Crippen molar-refractivity contribution in [3.63, 3.8) is 0 Å². The molecule has 0 spiro atoms. The number of ether oxygens (including phenoxy) is 1. The van der Waals surface area contributed by atoms with Crippen LogP contribution in [0.5, 0.6) is 5.75 Å². The summed E-state index contributed by atoms with van der Waals surface area (Å²) in [6.07, 6.45) is 3.97. The Kier molecular flexibility index (Phi) is 7.91. The van der Waals surface area contributed by atoms with E-state index >= 15 is 0 Å². The number of carbonyl (C=O) groups excluding carboxylic acids is 2. The highest BCUT2D eigenvalue weighted by atomic mass is 35.5. The average molecular weight is 507 g/mol. The van der Waals surface area contributed by atoms with Crippen molar-refractivity contribution < 1.29 is 14.3 Å². The Bertz CT molecular complexity index is 1220. The highest BCUT2D eigenvalue weighted by Gasteiger charge is 2.26. The van der Waals surface area contributed by atoms with Crippen LogP contribution in [0.25, 0.3) is 0 Å². The molecular weight excluding hydrogens is 476 g/mol. The minimum atomic E-state index is -0.432. The van der Waals surface area contributed by atoms with Crippen LogP contribution in [-0.4, -0.2) is 48.4 Å². The Morgan fingerprint density at radius 3 is 2.36 bits per heavy atom. The largest absolute Gasteiger partial charge is 0.497 e. The van der Waals surface area contributed by atoms with Gasteiger partial charge in [0.25, 0.3) is 11.8 Å². The van der Waals surface area contributed by atoms with Gasteiger partial charge in [0.2, 0.25) is 0 Å². The summed E-state index contributed by atoms with van der Waals surface area (Å²) in [5.41, 5.74) is 2.30. The molecule has 1 saturated heterocycles. The summed E-state index contributed by atoms with van der Waals surface area (Å²) in [5, 5.41) is 6.06. The number of hydrogen-bond acceptors (Lipinski definition) is 5. The van der Waals surface area contributed by atoms with Gasteiger partial charge in [-0.15, -0.1) is 0 Å². The normalized spacial score (nSPS) is 13.9. The Morgan fingerprint density at radius 1 is 1.00 bits per heavy atom. The molecule has 2 amide bonds. The van der Waals surface area contributed by atoms with Crippen molar-refractivity contribution in [1.82, 2.24) is 9.88 Å². The van der Waals surface area contributed by atoms with Crippen molar-refractivity contribution in [2.45, 2.75) is 32.1 Å². The smallest absolute Gasteiger partial charge is 0.259 e. The molecule has 0 saturated carbocycles. The van der Waals surface area contributed by atoms with Crippen LogP contribution in [-0.2, 0) is 5.41 Å². The Labute approximate surface area is 216 Å². The van der Waals surface area contributed by atoms with Crippen molar-refractivity contribution in [3.05, 3.63) is 82.5 Å². The van der Waals surface area contributed by atoms with Gasteiger partial charge in [-0.1, -0.05) is 37.6 Å². The maximum Gasteiger partial charge on any atom is 0.259 e. The second-order valence-corrected chi connectivity index (χ2v) is 10.1. The van der Waals surface area contributed by atoms with Gasteiger partial charge < -0.3 is 20.3 Å². The summed E-state index contributed by atoms with van der Waals surface area (Å²) < 4.78 is 5.28. The lowest BCUT2D eigenvalue weighted by Crippen LogP contribution is -2.35. The number of pyridine rings is 1. The number of amides is 2. The summed E-state index contributed by atoms with van der Waals surface area (Å²) in [6, 6.07) is 15.8. The molecule has 0 bridgehead atoms. The van der Waals surface area contributed by atoms with Crippen molar-refractivity contribution >= 4 is 34.9 Å². The van der Waals surface area contributed by atoms with Crippen LogP contribution in [0.1, 0.15) is 53.0 Å². The third-order valence-electron chi connectivity index (χ3n) is 6.43. The van der Waals surface area contributed by atoms with Crippen molar-refractivity contribution in [2.75, 3.05) is 37.4 Å². The van der Waals surface area contributed by atoms with Crippen LogP contribution in [0.15, 0.2) is 60.8 Å². The van der Waals surface area contributed by atoms with E-state index < -0.39 is 5.91 Å². The molecule has 0 unspecified atom stereocenters. The number of carbonyl (C=O) groups is 2. The average Bonchev–Trinajstić information content (AvgIpc) is 3.38. The number of anilines is 2. The molecule has 0 atom stereocenters. The van der Waals surface area contributed by atoms with Crippen LogP contribution < -0.4 is 15.4 Å². The number of aromatic nitrogens is 1. The summed E-state index contributed by atoms with van der Waals surface area (Å²) in [6.45, 7) is 7.76. The zero-order valence-corrected chi connectivity index (χ0v) is 21.6. The van der Waals surface area contributed by atoms with Gasteiger partial charge in [0.15, 0.2) is 0 Å². The number of halogens is 1. The van der Waals surface area contributed by atoms with Crippen LogP contribution in [0.2, 0.25) is 5.02 Å². The van der Waals surface area contributed by atoms with Crippen LogP contribution in [0, 0.1) is 0 Å². The molecule has 188 valence electrons. The monoisotopic (exact) mass is 506 g/mol. The van der Waals surface area contributed by atoms with E-state index in [-0.39, 0.29) is 16.9 Å². The first-order valence-electron chi connectivity index (χ1n) is 12.0. The zero-order valence-electron chi connectivity index (χ0n) is 20.8. The second-order valence-electron chi connectivity index (χ2n) is 9.63. The van der Waals surface area contributed by atoms with E-state index in [1.54, 1.807) is 30.3 Å². The Hall–Kier alpha value is -3.42. The van der Waals surface area contributed by atoms with Crippen molar-refractivity contribution in [3.8, 4) is 5.75 Å². The molecule has 3 aromatic rings. The topological polar surface area (TPSA) is 83.6 Å². The van der Waals surface area contributed by atoms with Gasteiger partial charge in [-0.2, -0.15) is 0 Å². The van der Waals surface area contributed by atoms with Crippen LogP contribution in [0.4, 0.5) is 11.5 Å². The van der Waals surface area contributed by atoms with E-state index in [1.807, 2.05) is 24.3 Å². The van der Waals surface area contributed by atoms with Gasteiger partial charge in [-0.05, 0) is 74.0 Å². The molecule has 1 fully saturated rings. The van der Waals surface area contributed by atoms with E-state index in [1.165, 1.54) is 31.7 Å². The van der Waals surface area contributed by atoms with E-state index in [0.29, 0.717) is 27.8 Å². The molecular formula is C28H31ClN4O3. The number of methoxy groups -OCH3 is 1. The van der Waals surface area contributed by atoms with E-state index in [2.05, 4.69) is 34.4 Å². The van der Waals surface area contributed by atoms with Gasteiger partial charge in [-0.3, -0.25) is 9.59 Å². The first-order chi connectivity index (χ1) is 17.2. The lowest BCUT2D eigenvalue weighted by atomic mass is 9.83. The lowest BCUT2D eigenvalue weighted by Gasteiger charge is -2.30. The van der Waals surface area contributed by atoms with Gasteiger partial charge in [0, 0.05) is 23.7 Å². The minimum Gasteiger partial charge on any atom is -0.497 e. The van der Waals surface area contributed by atoms with Crippen molar-refractivity contribution in [1.29, 1.82) is 0 Å². The molecule has 36 heavy (non-hydrogen) atoms. The number of nitrogens with zero attached hydrogens (tertiary/aromatic N) is 2. The fourth-order valence-electron chi connectivity index (χ4n) is 4.44. The van der Waals surface area contributed by atoms with Gasteiger partial charge >= 0.3 is 0 Å². The van der Waals surface area contributed by atoms with Crippen LogP contribution in [0.3, 0.4) is 0 Å². The molecule has 1 aliphatic heterocycles. The van der Waals surface area contributed by atoms with E-state index in [4.69, 9.17) is 16.3 Å². The summed E-state index contributed by atoms with van der Waals surface area (Å²) in [5.74, 6) is 0.101. The fourth-order valence-corrected chi connectivity index (χ4v) is 4.55. The molecule has 7 nitrogen and oxygen atoms in total. The first kappa shape index (κ1) is 25.7. The van der Waals surface area contributed by atoms with E-state index in [9.17, 15) is 9.59 Å². The number of nitrogens with one attached hydrogen (secondary N) is 2. The predicted octanol–water partition coefficient (Wildman–Crippen LogP) is 5.62. The van der Waals surface area contributed by atoms with Crippen LogP contribution >= 0.6 is 11.6 Å².